The van der Waals surface area contributed by atoms with Crippen molar-refractivity contribution < 1.29 is 22.8 Å². The summed E-state index contributed by atoms with van der Waals surface area (Å²) in [5.74, 6) is -0.864. The first-order valence-electron chi connectivity index (χ1n) is 14.2. The normalized spacial score (nSPS) is 19.1. The van der Waals surface area contributed by atoms with Crippen LogP contribution >= 0.6 is 0 Å². The number of fused-ring (bicyclic) bond motifs is 2. The summed E-state index contributed by atoms with van der Waals surface area (Å²) in [5, 5.41) is 0. The lowest BCUT2D eigenvalue weighted by Crippen LogP contribution is -2.71. The lowest BCUT2D eigenvalue weighted by Gasteiger charge is -2.54. The average molecular weight is 568 g/mol. The zero-order valence-corrected chi connectivity index (χ0v) is 23.4. The van der Waals surface area contributed by atoms with E-state index in [1.807, 2.05) is 52.6 Å². The fourth-order valence-electron chi connectivity index (χ4n) is 6.01. The molecule has 41 heavy (non-hydrogen) atoms. The van der Waals surface area contributed by atoms with Crippen molar-refractivity contribution in [1.82, 2.24) is 19.4 Å². The Morgan fingerprint density at radius 2 is 1.76 bits per heavy atom. The van der Waals surface area contributed by atoms with Gasteiger partial charge in [-0.2, -0.15) is 13.2 Å². The third-order valence-electron chi connectivity index (χ3n) is 8.02. The zero-order chi connectivity index (χ0) is 29.1. The number of carbonyl (C=O) groups excluding carboxylic acids is 2. The first-order chi connectivity index (χ1) is 19.6. The van der Waals surface area contributed by atoms with Gasteiger partial charge in [0.1, 0.15) is 12.2 Å². The fourth-order valence-corrected chi connectivity index (χ4v) is 6.01. The molecule has 218 valence electrons. The molecule has 0 radical (unpaired) electrons. The van der Waals surface area contributed by atoms with E-state index < -0.39 is 29.9 Å². The highest BCUT2D eigenvalue weighted by Gasteiger charge is 2.50. The first-order valence-corrected chi connectivity index (χ1v) is 14.2. The number of aromatic nitrogens is 2. The van der Waals surface area contributed by atoms with E-state index in [-0.39, 0.29) is 17.4 Å². The molecule has 0 N–H and O–H groups in total. The van der Waals surface area contributed by atoms with Gasteiger partial charge in [-0.15, -0.1) is 0 Å². The van der Waals surface area contributed by atoms with E-state index in [1.54, 1.807) is 17.4 Å². The SMILES string of the molecule is CC(C)[C@H]1C(=O)N(CCCCc2ccccc2)CC2N(CCCn3ccnc3)c3ccc(C(F)(F)F)cc3C(=O)N21. The van der Waals surface area contributed by atoms with Gasteiger partial charge in [0.05, 0.1) is 29.7 Å². The number of carbonyl (C=O) groups is 2. The maximum atomic E-state index is 13.9. The molecule has 3 aromatic rings. The summed E-state index contributed by atoms with van der Waals surface area (Å²) in [7, 11) is 0. The van der Waals surface area contributed by atoms with Crippen LogP contribution < -0.4 is 4.90 Å². The second-order valence-corrected chi connectivity index (χ2v) is 11.2. The highest BCUT2D eigenvalue weighted by atomic mass is 19.4. The van der Waals surface area contributed by atoms with Crippen molar-refractivity contribution in [3.8, 4) is 0 Å². The molecule has 1 saturated heterocycles. The van der Waals surface area contributed by atoms with Crippen molar-refractivity contribution in [2.75, 3.05) is 24.5 Å². The maximum absolute atomic E-state index is 13.9. The number of halogens is 3. The van der Waals surface area contributed by atoms with Crippen LogP contribution in [0.2, 0.25) is 0 Å². The van der Waals surface area contributed by atoms with Crippen molar-refractivity contribution in [2.45, 2.75) is 64.5 Å². The Labute approximate surface area is 238 Å². The Balaban J connectivity index is 1.42. The predicted octanol–water partition coefficient (Wildman–Crippen LogP) is 5.47. The van der Waals surface area contributed by atoms with Crippen LogP contribution in [-0.2, 0) is 23.9 Å². The van der Waals surface area contributed by atoms with Crippen LogP contribution in [0.1, 0.15) is 54.6 Å². The minimum atomic E-state index is -4.58. The van der Waals surface area contributed by atoms with E-state index in [0.717, 1.165) is 31.4 Å². The van der Waals surface area contributed by atoms with Crippen molar-refractivity contribution >= 4 is 17.5 Å². The number of aryl methyl sites for hydroxylation is 2. The molecule has 3 heterocycles. The summed E-state index contributed by atoms with van der Waals surface area (Å²) in [4.78, 5) is 37.1. The van der Waals surface area contributed by atoms with E-state index in [4.69, 9.17) is 0 Å². The molecule has 0 spiro atoms. The zero-order valence-electron chi connectivity index (χ0n) is 23.4. The second kappa shape index (κ2) is 12.0. The lowest BCUT2D eigenvalue weighted by atomic mass is 9.92. The van der Waals surface area contributed by atoms with E-state index in [0.29, 0.717) is 38.3 Å². The molecule has 2 aliphatic rings. The van der Waals surface area contributed by atoms with Gasteiger partial charge in [-0.05, 0) is 55.4 Å². The third kappa shape index (κ3) is 6.11. The molecule has 0 saturated carbocycles. The molecule has 7 nitrogen and oxygen atoms in total. The average Bonchev–Trinajstić information content (AvgIpc) is 3.46. The number of piperazine rings is 1. The summed E-state index contributed by atoms with van der Waals surface area (Å²) in [5.41, 5.74) is 0.857. The van der Waals surface area contributed by atoms with E-state index in [9.17, 15) is 22.8 Å². The van der Waals surface area contributed by atoms with Crippen LogP contribution in [-0.4, -0.2) is 63.0 Å². The molecule has 0 aliphatic carbocycles. The molecule has 2 atom stereocenters. The molecule has 2 amide bonds. The molecule has 2 aliphatic heterocycles. The minimum Gasteiger partial charge on any atom is -0.349 e. The standard InChI is InChI=1S/C31H36F3N5O2/c1-22(2)28-30(41)37(16-7-6-11-23-9-4-3-5-10-23)20-27-38(17-8-15-36-18-14-35-21-36)26-13-12-24(31(32,33)34)19-25(26)29(40)39(27)28/h3-5,9-10,12-14,18-19,21-22,27-28H,6-8,11,15-17,20H2,1-2H3/t27?,28-/m0/s1. The summed E-state index contributed by atoms with van der Waals surface area (Å²) in [6.45, 7) is 5.82. The molecular weight excluding hydrogens is 531 g/mol. The highest BCUT2D eigenvalue weighted by molar-refractivity contribution is 6.05. The molecule has 1 aromatic heterocycles. The smallest absolute Gasteiger partial charge is 0.349 e. The molecule has 2 aromatic carbocycles. The van der Waals surface area contributed by atoms with Crippen molar-refractivity contribution in [2.24, 2.45) is 5.92 Å². The molecule has 5 rings (SSSR count). The fraction of sp³-hybridized carbons (Fsp3) is 0.452. The number of anilines is 1. The first kappa shape index (κ1) is 28.7. The Kier molecular flexibility index (Phi) is 8.37. The number of unbranched alkanes of at least 4 members (excludes halogenated alkanes) is 1. The third-order valence-corrected chi connectivity index (χ3v) is 8.02. The van der Waals surface area contributed by atoms with E-state index >= 15 is 0 Å². The van der Waals surface area contributed by atoms with Crippen LogP contribution in [0.15, 0.2) is 67.3 Å². The molecule has 1 unspecified atom stereocenters. The molecular formula is C31H36F3N5O2. The maximum Gasteiger partial charge on any atom is 0.416 e. The lowest BCUT2D eigenvalue weighted by molar-refractivity contribution is -0.145. The van der Waals surface area contributed by atoms with Crippen molar-refractivity contribution in [3.05, 3.63) is 83.9 Å². The highest BCUT2D eigenvalue weighted by Crippen LogP contribution is 2.40. The Morgan fingerprint density at radius 1 is 0.976 bits per heavy atom. The largest absolute Gasteiger partial charge is 0.416 e. The van der Waals surface area contributed by atoms with Crippen molar-refractivity contribution in [1.29, 1.82) is 0 Å². The van der Waals surface area contributed by atoms with Crippen LogP contribution in [0.25, 0.3) is 0 Å². The van der Waals surface area contributed by atoms with Crippen LogP contribution in [0.4, 0.5) is 18.9 Å². The van der Waals surface area contributed by atoms with Gasteiger partial charge in [-0.3, -0.25) is 9.59 Å². The Bertz CT molecular complexity index is 1340. The number of nitrogens with zero attached hydrogens (tertiary/aromatic N) is 5. The quantitative estimate of drug-likeness (QED) is 0.305. The number of hydrogen-bond donors (Lipinski definition) is 0. The summed E-state index contributed by atoms with van der Waals surface area (Å²) in [6, 6.07) is 12.8. The van der Waals surface area contributed by atoms with Gasteiger partial charge in [0, 0.05) is 32.0 Å². The number of imidazole rings is 1. The van der Waals surface area contributed by atoms with Crippen LogP contribution in [0.3, 0.4) is 0 Å². The summed E-state index contributed by atoms with van der Waals surface area (Å²) >= 11 is 0. The molecule has 1 fully saturated rings. The summed E-state index contributed by atoms with van der Waals surface area (Å²) in [6.07, 6.45) is 3.58. The number of alkyl halides is 3. The van der Waals surface area contributed by atoms with Gasteiger partial charge >= 0.3 is 6.18 Å². The number of hydrogen-bond acceptors (Lipinski definition) is 4. The van der Waals surface area contributed by atoms with Gasteiger partial charge in [0.2, 0.25) is 5.91 Å². The van der Waals surface area contributed by atoms with Crippen molar-refractivity contribution in [3.63, 3.8) is 0 Å². The van der Waals surface area contributed by atoms with Gasteiger partial charge < -0.3 is 19.3 Å². The summed E-state index contributed by atoms with van der Waals surface area (Å²) < 4.78 is 42.9. The minimum absolute atomic E-state index is 0.00605. The Hall–Kier alpha value is -3.82. The predicted molar refractivity (Wildman–Crippen MR) is 150 cm³/mol. The van der Waals surface area contributed by atoms with Crippen LogP contribution in [0.5, 0.6) is 0 Å². The number of rotatable bonds is 10. The second-order valence-electron chi connectivity index (χ2n) is 11.2. The monoisotopic (exact) mass is 567 g/mol. The number of amides is 2. The van der Waals surface area contributed by atoms with E-state index in [2.05, 4.69) is 17.1 Å². The van der Waals surface area contributed by atoms with E-state index in [1.165, 1.54) is 11.6 Å². The van der Waals surface area contributed by atoms with Crippen LogP contribution in [0, 0.1) is 5.92 Å². The van der Waals surface area contributed by atoms with Gasteiger partial charge in [-0.25, -0.2) is 4.98 Å². The van der Waals surface area contributed by atoms with Gasteiger partial charge in [0.15, 0.2) is 0 Å². The van der Waals surface area contributed by atoms with Gasteiger partial charge in [0.25, 0.3) is 5.91 Å². The number of benzene rings is 2. The molecule has 0 bridgehead atoms. The topological polar surface area (TPSA) is 61.7 Å². The Morgan fingerprint density at radius 3 is 2.44 bits per heavy atom. The molecule has 10 heteroatoms. The van der Waals surface area contributed by atoms with Gasteiger partial charge in [-0.1, -0.05) is 44.2 Å².